The number of hydrogen-bond acceptors (Lipinski definition) is 3. The summed E-state index contributed by atoms with van der Waals surface area (Å²) in [5.74, 6) is -0.948. The predicted octanol–water partition coefficient (Wildman–Crippen LogP) is 2.88. The van der Waals surface area contributed by atoms with Gasteiger partial charge in [-0.05, 0) is 42.3 Å². The molecule has 0 radical (unpaired) electrons. The SMILES string of the molecule is Cc1c(NC(=O)Cc2cccc(OC(F)F)c2)cccc1C(N)=O. The van der Waals surface area contributed by atoms with E-state index in [1.165, 1.54) is 18.2 Å². The minimum atomic E-state index is -2.92. The van der Waals surface area contributed by atoms with Crippen LogP contribution in [0.2, 0.25) is 0 Å². The molecule has 0 fully saturated rings. The Labute approximate surface area is 137 Å². The molecule has 0 aliphatic carbocycles. The van der Waals surface area contributed by atoms with E-state index < -0.39 is 12.5 Å². The number of nitrogens with one attached hydrogen (secondary N) is 1. The molecule has 2 amide bonds. The molecule has 5 nitrogen and oxygen atoms in total. The summed E-state index contributed by atoms with van der Waals surface area (Å²) < 4.78 is 28.7. The van der Waals surface area contributed by atoms with Crippen LogP contribution in [0.25, 0.3) is 0 Å². The third-order valence-corrected chi connectivity index (χ3v) is 3.36. The van der Waals surface area contributed by atoms with Gasteiger partial charge < -0.3 is 15.8 Å². The van der Waals surface area contributed by atoms with Crippen LogP contribution in [-0.4, -0.2) is 18.4 Å². The van der Waals surface area contributed by atoms with E-state index in [0.29, 0.717) is 22.4 Å². The van der Waals surface area contributed by atoms with Crippen molar-refractivity contribution in [1.29, 1.82) is 0 Å². The van der Waals surface area contributed by atoms with E-state index >= 15 is 0 Å². The quantitative estimate of drug-likeness (QED) is 0.852. The van der Waals surface area contributed by atoms with Crippen LogP contribution < -0.4 is 15.8 Å². The number of benzene rings is 2. The number of anilines is 1. The summed E-state index contributed by atoms with van der Waals surface area (Å²) >= 11 is 0. The summed E-state index contributed by atoms with van der Waals surface area (Å²) in [6.07, 6.45) is -0.0271. The van der Waals surface area contributed by atoms with Gasteiger partial charge >= 0.3 is 6.61 Å². The Hall–Kier alpha value is -2.96. The lowest BCUT2D eigenvalue weighted by Gasteiger charge is -2.11. The number of ether oxygens (including phenoxy) is 1. The molecular weight excluding hydrogens is 318 g/mol. The molecule has 126 valence electrons. The Morgan fingerprint density at radius 1 is 1.21 bits per heavy atom. The Morgan fingerprint density at radius 3 is 2.58 bits per heavy atom. The minimum absolute atomic E-state index is 0.0118. The first kappa shape index (κ1) is 17.4. The number of hydrogen-bond donors (Lipinski definition) is 2. The molecule has 2 aromatic carbocycles. The molecule has 0 unspecified atom stereocenters. The van der Waals surface area contributed by atoms with Crippen LogP contribution >= 0.6 is 0 Å². The summed E-state index contributed by atoms with van der Waals surface area (Å²) in [5, 5.41) is 2.68. The average Bonchev–Trinajstić information content (AvgIpc) is 2.48. The number of amides is 2. The highest BCUT2D eigenvalue weighted by Crippen LogP contribution is 2.20. The fourth-order valence-electron chi connectivity index (χ4n) is 2.25. The first-order valence-corrected chi connectivity index (χ1v) is 7.10. The maximum atomic E-state index is 12.2. The van der Waals surface area contributed by atoms with Crippen LogP contribution in [0.5, 0.6) is 5.75 Å². The first-order valence-electron chi connectivity index (χ1n) is 7.10. The third-order valence-electron chi connectivity index (χ3n) is 3.36. The van der Waals surface area contributed by atoms with Crippen molar-refractivity contribution in [3.8, 4) is 5.75 Å². The molecule has 0 aromatic heterocycles. The minimum Gasteiger partial charge on any atom is -0.435 e. The number of primary amides is 1. The molecule has 2 rings (SSSR count). The van der Waals surface area contributed by atoms with Crippen molar-refractivity contribution < 1.29 is 23.1 Å². The summed E-state index contributed by atoms with van der Waals surface area (Å²) in [7, 11) is 0. The van der Waals surface area contributed by atoms with E-state index in [1.807, 2.05) is 0 Å². The molecule has 0 spiro atoms. The first-order chi connectivity index (χ1) is 11.4. The van der Waals surface area contributed by atoms with Gasteiger partial charge in [0, 0.05) is 11.3 Å². The van der Waals surface area contributed by atoms with Gasteiger partial charge in [-0.2, -0.15) is 8.78 Å². The maximum absolute atomic E-state index is 12.2. The number of halogens is 2. The molecule has 0 saturated heterocycles. The zero-order valence-electron chi connectivity index (χ0n) is 12.9. The molecule has 3 N–H and O–H groups in total. The monoisotopic (exact) mass is 334 g/mol. The van der Waals surface area contributed by atoms with E-state index in [1.54, 1.807) is 31.2 Å². The smallest absolute Gasteiger partial charge is 0.387 e. The summed E-state index contributed by atoms with van der Waals surface area (Å²) in [6.45, 7) is -1.25. The molecule has 0 bridgehead atoms. The number of rotatable bonds is 6. The van der Waals surface area contributed by atoms with Crippen molar-refractivity contribution in [2.75, 3.05) is 5.32 Å². The molecule has 0 saturated carbocycles. The summed E-state index contributed by atoms with van der Waals surface area (Å²) in [4.78, 5) is 23.4. The molecule has 0 atom stereocenters. The van der Waals surface area contributed by atoms with Crippen molar-refractivity contribution >= 4 is 17.5 Å². The van der Waals surface area contributed by atoms with Gasteiger partial charge in [-0.1, -0.05) is 18.2 Å². The van der Waals surface area contributed by atoms with Gasteiger partial charge in [0.25, 0.3) is 0 Å². The molecular formula is C17H16F2N2O3. The van der Waals surface area contributed by atoms with E-state index in [9.17, 15) is 18.4 Å². The van der Waals surface area contributed by atoms with Gasteiger partial charge in [0.1, 0.15) is 5.75 Å². The zero-order valence-corrected chi connectivity index (χ0v) is 12.9. The number of carbonyl (C=O) groups is 2. The zero-order chi connectivity index (χ0) is 17.7. The van der Waals surface area contributed by atoms with Crippen molar-refractivity contribution in [3.05, 3.63) is 59.2 Å². The fraction of sp³-hybridized carbons (Fsp3) is 0.176. The lowest BCUT2D eigenvalue weighted by Crippen LogP contribution is -2.18. The maximum Gasteiger partial charge on any atom is 0.387 e. The second-order valence-electron chi connectivity index (χ2n) is 5.09. The van der Waals surface area contributed by atoms with Gasteiger partial charge in [0.2, 0.25) is 11.8 Å². The summed E-state index contributed by atoms with van der Waals surface area (Å²) in [5.41, 5.74) is 7.14. The van der Waals surface area contributed by atoms with Crippen LogP contribution in [0.1, 0.15) is 21.5 Å². The standard InChI is InChI=1S/C17H16F2N2O3/c1-10-13(16(20)23)6-3-7-14(10)21-15(22)9-11-4-2-5-12(8-11)24-17(18)19/h2-8,17H,9H2,1H3,(H2,20,23)(H,21,22). The highest BCUT2D eigenvalue weighted by molar-refractivity contribution is 5.98. The average molecular weight is 334 g/mol. The Morgan fingerprint density at radius 2 is 1.92 bits per heavy atom. The number of carbonyl (C=O) groups excluding carboxylic acids is 2. The lowest BCUT2D eigenvalue weighted by molar-refractivity contribution is -0.115. The fourth-order valence-corrected chi connectivity index (χ4v) is 2.25. The van der Waals surface area contributed by atoms with E-state index in [0.717, 1.165) is 0 Å². The second-order valence-corrected chi connectivity index (χ2v) is 5.09. The lowest BCUT2D eigenvalue weighted by atomic mass is 10.1. The molecule has 0 aliphatic heterocycles. The van der Waals surface area contributed by atoms with Crippen LogP contribution in [0, 0.1) is 6.92 Å². The van der Waals surface area contributed by atoms with Crippen molar-refractivity contribution in [1.82, 2.24) is 0 Å². The molecule has 0 heterocycles. The second kappa shape index (κ2) is 7.54. The van der Waals surface area contributed by atoms with Crippen LogP contribution in [0.4, 0.5) is 14.5 Å². The molecule has 24 heavy (non-hydrogen) atoms. The van der Waals surface area contributed by atoms with Gasteiger partial charge in [0.15, 0.2) is 0 Å². The number of nitrogens with two attached hydrogens (primary N) is 1. The van der Waals surface area contributed by atoms with E-state index in [-0.39, 0.29) is 18.1 Å². The normalized spacial score (nSPS) is 10.5. The Bertz CT molecular complexity index is 763. The highest BCUT2D eigenvalue weighted by Gasteiger charge is 2.12. The summed E-state index contributed by atoms with van der Waals surface area (Å²) in [6, 6.07) is 10.7. The van der Waals surface area contributed by atoms with Crippen molar-refractivity contribution in [3.63, 3.8) is 0 Å². The van der Waals surface area contributed by atoms with Crippen LogP contribution in [0.15, 0.2) is 42.5 Å². The van der Waals surface area contributed by atoms with Gasteiger partial charge in [-0.3, -0.25) is 9.59 Å². The molecule has 2 aromatic rings. The van der Waals surface area contributed by atoms with Crippen LogP contribution in [0.3, 0.4) is 0 Å². The van der Waals surface area contributed by atoms with E-state index in [4.69, 9.17) is 5.73 Å². The Kier molecular flexibility index (Phi) is 5.47. The largest absolute Gasteiger partial charge is 0.435 e. The number of alkyl halides is 2. The van der Waals surface area contributed by atoms with Crippen LogP contribution in [-0.2, 0) is 11.2 Å². The predicted molar refractivity (Wildman–Crippen MR) is 85.1 cm³/mol. The van der Waals surface area contributed by atoms with Gasteiger partial charge in [0.05, 0.1) is 6.42 Å². The Balaban J connectivity index is 2.09. The van der Waals surface area contributed by atoms with Crippen molar-refractivity contribution in [2.45, 2.75) is 20.0 Å². The third kappa shape index (κ3) is 4.52. The van der Waals surface area contributed by atoms with Gasteiger partial charge in [-0.25, -0.2) is 0 Å². The van der Waals surface area contributed by atoms with Gasteiger partial charge in [-0.15, -0.1) is 0 Å². The van der Waals surface area contributed by atoms with E-state index in [2.05, 4.69) is 10.1 Å². The highest BCUT2D eigenvalue weighted by atomic mass is 19.3. The molecule has 7 heteroatoms. The topological polar surface area (TPSA) is 81.4 Å². The molecule has 0 aliphatic rings. The van der Waals surface area contributed by atoms with Crippen molar-refractivity contribution in [2.24, 2.45) is 5.73 Å².